The van der Waals surface area contributed by atoms with Gasteiger partial charge in [0.1, 0.15) is 5.82 Å². The Morgan fingerprint density at radius 1 is 1.07 bits per heavy atom. The molecule has 0 spiro atoms. The molecule has 0 aromatic heterocycles. The molecule has 2 aromatic rings. The van der Waals surface area contributed by atoms with Crippen LogP contribution in [0.15, 0.2) is 53.4 Å². The summed E-state index contributed by atoms with van der Waals surface area (Å²) in [7, 11) is 0. The van der Waals surface area contributed by atoms with Gasteiger partial charge in [-0.05, 0) is 42.9 Å². The summed E-state index contributed by atoms with van der Waals surface area (Å²) in [6.07, 6.45) is 0.347. The van der Waals surface area contributed by atoms with E-state index in [4.69, 9.17) is 0 Å². The van der Waals surface area contributed by atoms with Crippen LogP contribution in [0, 0.1) is 5.82 Å². The lowest BCUT2D eigenvalue weighted by molar-refractivity contribution is -0.115. The lowest BCUT2D eigenvalue weighted by atomic mass is 10.2. The Hall–Kier alpha value is -2.05. The van der Waals surface area contributed by atoms with Gasteiger partial charge in [0.05, 0.1) is 0 Å². The van der Waals surface area contributed by atoms with Crippen molar-refractivity contribution in [1.29, 1.82) is 0 Å². The third kappa shape index (κ3) is 5.71. The zero-order chi connectivity index (χ0) is 19.1. The van der Waals surface area contributed by atoms with Crippen LogP contribution in [0.25, 0.3) is 0 Å². The van der Waals surface area contributed by atoms with Gasteiger partial charge < -0.3 is 15.1 Å². The first-order valence-corrected chi connectivity index (χ1v) is 10.4. The molecule has 1 aliphatic heterocycles. The standard InChI is InChI=1S/C21H26FN3OS/c1-2-24-12-14-25(15-13-24)18-9-7-17(8-10-18)23-21(26)11-16-27-20-6-4-3-5-19(20)22/h3-10H,2,11-16H2,1H3,(H,23,26). The SMILES string of the molecule is CCN1CCN(c2ccc(NC(=O)CCSc3ccccc3F)cc2)CC1. The summed E-state index contributed by atoms with van der Waals surface area (Å²) in [6, 6.07) is 14.7. The third-order valence-corrected chi connectivity index (χ3v) is 5.81. The van der Waals surface area contributed by atoms with Crippen LogP contribution in [0.1, 0.15) is 13.3 Å². The van der Waals surface area contributed by atoms with Crippen LogP contribution < -0.4 is 10.2 Å². The number of carbonyl (C=O) groups is 1. The molecular formula is C21H26FN3OS. The average Bonchev–Trinajstić information content (AvgIpc) is 2.70. The van der Waals surface area contributed by atoms with Crippen molar-refractivity contribution >= 4 is 29.0 Å². The van der Waals surface area contributed by atoms with Crippen molar-refractivity contribution in [3.63, 3.8) is 0 Å². The molecule has 2 aromatic carbocycles. The van der Waals surface area contributed by atoms with E-state index in [9.17, 15) is 9.18 Å². The van der Waals surface area contributed by atoms with E-state index >= 15 is 0 Å². The number of benzene rings is 2. The molecule has 1 amide bonds. The minimum atomic E-state index is -0.238. The van der Waals surface area contributed by atoms with Crippen molar-refractivity contribution in [2.75, 3.05) is 48.7 Å². The highest BCUT2D eigenvalue weighted by Crippen LogP contribution is 2.23. The predicted octanol–water partition coefficient (Wildman–Crippen LogP) is 4.09. The molecule has 0 bridgehead atoms. The Morgan fingerprint density at radius 3 is 2.44 bits per heavy atom. The average molecular weight is 388 g/mol. The van der Waals surface area contributed by atoms with E-state index in [0.29, 0.717) is 17.1 Å². The van der Waals surface area contributed by atoms with Gasteiger partial charge in [0.25, 0.3) is 0 Å². The maximum atomic E-state index is 13.6. The monoisotopic (exact) mass is 387 g/mol. The summed E-state index contributed by atoms with van der Waals surface area (Å²) in [5.74, 6) is 0.258. The fraction of sp³-hybridized carbons (Fsp3) is 0.381. The molecule has 4 nitrogen and oxygen atoms in total. The topological polar surface area (TPSA) is 35.6 Å². The number of halogens is 1. The number of anilines is 2. The van der Waals surface area contributed by atoms with E-state index in [1.807, 2.05) is 12.1 Å². The number of piperazine rings is 1. The number of hydrogen-bond donors (Lipinski definition) is 1. The van der Waals surface area contributed by atoms with Crippen molar-refractivity contribution < 1.29 is 9.18 Å². The molecule has 0 radical (unpaired) electrons. The van der Waals surface area contributed by atoms with Crippen LogP contribution in [-0.2, 0) is 4.79 Å². The van der Waals surface area contributed by atoms with Gasteiger partial charge in [0, 0.05) is 54.6 Å². The molecule has 1 aliphatic rings. The molecular weight excluding hydrogens is 361 g/mol. The normalized spacial score (nSPS) is 15.0. The molecule has 1 fully saturated rings. The van der Waals surface area contributed by atoms with E-state index in [0.717, 1.165) is 38.4 Å². The van der Waals surface area contributed by atoms with Crippen molar-refractivity contribution in [2.45, 2.75) is 18.2 Å². The van der Waals surface area contributed by atoms with Gasteiger partial charge in [-0.1, -0.05) is 19.1 Å². The first kappa shape index (κ1) is 19.7. The molecule has 3 rings (SSSR count). The van der Waals surface area contributed by atoms with E-state index in [-0.39, 0.29) is 11.7 Å². The summed E-state index contributed by atoms with van der Waals surface area (Å²) < 4.78 is 13.6. The molecule has 0 saturated carbocycles. The second kappa shape index (κ2) is 9.76. The quantitative estimate of drug-likeness (QED) is 0.726. The van der Waals surface area contributed by atoms with E-state index in [2.05, 4.69) is 34.2 Å². The highest BCUT2D eigenvalue weighted by atomic mass is 32.2. The van der Waals surface area contributed by atoms with Gasteiger partial charge in [-0.25, -0.2) is 4.39 Å². The number of hydrogen-bond acceptors (Lipinski definition) is 4. The Morgan fingerprint density at radius 2 is 1.78 bits per heavy atom. The Balaban J connectivity index is 1.44. The van der Waals surface area contributed by atoms with Gasteiger partial charge in [-0.2, -0.15) is 0 Å². The van der Waals surface area contributed by atoms with E-state index in [1.54, 1.807) is 18.2 Å². The van der Waals surface area contributed by atoms with Gasteiger partial charge in [-0.3, -0.25) is 4.79 Å². The van der Waals surface area contributed by atoms with Crippen LogP contribution in [-0.4, -0.2) is 49.3 Å². The first-order valence-electron chi connectivity index (χ1n) is 9.40. The minimum Gasteiger partial charge on any atom is -0.369 e. The molecule has 0 aliphatic carbocycles. The van der Waals surface area contributed by atoms with Gasteiger partial charge >= 0.3 is 0 Å². The number of thioether (sulfide) groups is 1. The summed E-state index contributed by atoms with van der Waals surface area (Å²) in [5.41, 5.74) is 1.99. The predicted molar refractivity (Wildman–Crippen MR) is 111 cm³/mol. The fourth-order valence-electron chi connectivity index (χ4n) is 3.12. The third-order valence-electron chi connectivity index (χ3n) is 4.76. The van der Waals surface area contributed by atoms with Crippen LogP contribution in [0.5, 0.6) is 0 Å². The molecule has 0 atom stereocenters. The largest absolute Gasteiger partial charge is 0.369 e. The highest BCUT2D eigenvalue weighted by molar-refractivity contribution is 7.99. The molecule has 1 heterocycles. The summed E-state index contributed by atoms with van der Waals surface area (Å²) in [5, 5.41) is 2.92. The zero-order valence-electron chi connectivity index (χ0n) is 15.7. The van der Waals surface area contributed by atoms with Gasteiger partial charge in [0.15, 0.2) is 0 Å². The smallest absolute Gasteiger partial charge is 0.225 e. The zero-order valence-corrected chi connectivity index (χ0v) is 16.5. The highest BCUT2D eigenvalue weighted by Gasteiger charge is 2.15. The number of carbonyl (C=O) groups excluding carboxylic acids is 1. The molecule has 0 unspecified atom stereocenters. The molecule has 144 valence electrons. The summed E-state index contributed by atoms with van der Waals surface area (Å²) in [4.78, 5) is 17.5. The number of rotatable bonds is 7. The van der Waals surface area contributed by atoms with E-state index < -0.39 is 0 Å². The lowest BCUT2D eigenvalue weighted by Crippen LogP contribution is -2.46. The molecule has 1 saturated heterocycles. The molecule has 1 N–H and O–H groups in total. The van der Waals surface area contributed by atoms with E-state index in [1.165, 1.54) is 23.5 Å². The maximum absolute atomic E-state index is 13.6. The number of amides is 1. The van der Waals surface area contributed by atoms with Crippen LogP contribution in [0.4, 0.5) is 15.8 Å². The van der Waals surface area contributed by atoms with Crippen molar-refractivity contribution in [2.24, 2.45) is 0 Å². The number of likely N-dealkylation sites (N-methyl/N-ethyl adjacent to an activating group) is 1. The van der Waals surface area contributed by atoms with Gasteiger partial charge in [0.2, 0.25) is 5.91 Å². The van der Waals surface area contributed by atoms with Gasteiger partial charge in [-0.15, -0.1) is 11.8 Å². The Labute approximate surface area is 164 Å². The lowest BCUT2D eigenvalue weighted by Gasteiger charge is -2.35. The fourth-order valence-corrected chi connectivity index (χ4v) is 4.00. The first-order chi connectivity index (χ1) is 13.2. The Bertz CT molecular complexity index is 745. The maximum Gasteiger partial charge on any atom is 0.225 e. The van der Waals surface area contributed by atoms with Crippen molar-refractivity contribution in [3.8, 4) is 0 Å². The van der Waals surface area contributed by atoms with Crippen molar-refractivity contribution in [3.05, 3.63) is 54.3 Å². The Kier molecular flexibility index (Phi) is 7.12. The van der Waals surface area contributed by atoms with Crippen LogP contribution >= 0.6 is 11.8 Å². The van der Waals surface area contributed by atoms with Crippen molar-refractivity contribution in [1.82, 2.24) is 4.90 Å². The number of nitrogens with zero attached hydrogens (tertiary/aromatic N) is 2. The second-order valence-corrected chi connectivity index (χ2v) is 7.68. The summed E-state index contributed by atoms with van der Waals surface area (Å²) in [6.45, 7) is 7.55. The second-order valence-electron chi connectivity index (χ2n) is 6.55. The minimum absolute atomic E-state index is 0.0526. The molecule has 27 heavy (non-hydrogen) atoms. The number of nitrogens with one attached hydrogen (secondary N) is 1. The molecule has 6 heteroatoms. The summed E-state index contributed by atoms with van der Waals surface area (Å²) >= 11 is 1.36. The van der Waals surface area contributed by atoms with Crippen LogP contribution in [0.2, 0.25) is 0 Å². The van der Waals surface area contributed by atoms with Crippen LogP contribution in [0.3, 0.4) is 0 Å².